The number of nitrogens with zero attached hydrogens (tertiary/aromatic N) is 3. The summed E-state index contributed by atoms with van der Waals surface area (Å²) in [5.74, 6) is -0.589. The van der Waals surface area contributed by atoms with Gasteiger partial charge in [-0.25, -0.2) is 9.37 Å². The Morgan fingerprint density at radius 1 is 1.32 bits per heavy atom. The molecule has 5 nitrogen and oxygen atoms in total. The van der Waals surface area contributed by atoms with Crippen LogP contribution in [0.25, 0.3) is 11.1 Å². The van der Waals surface area contributed by atoms with E-state index in [-0.39, 0.29) is 17.6 Å². The minimum Gasteiger partial charge on any atom is -0.432 e. The highest BCUT2D eigenvalue weighted by Crippen LogP contribution is 2.18. The molecule has 0 spiro atoms. The summed E-state index contributed by atoms with van der Waals surface area (Å²) in [6.45, 7) is 2.98. The summed E-state index contributed by atoms with van der Waals surface area (Å²) >= 11 is 0. The van der Waals surface area contributed by atoms with E-state index in [4.69, 9.17) is 4.42 Å². The number of likely N-dealkylation sites (N-methyl/N-ethyl adjacent to an activating group) is 1. The summed E-state index contributed by atoms with van der Waals surface area (Å²) in [5.41, 5.74) is 0.802. The Kier molecular flexibility index (Phi) is 2.94. The highest BCUT2D eigenvalue weighted by Gasteiger charge is 2.24. The Morgan fingerprint density at radius 2 is 2.05 bits per heavy atom. The van der Waals surface area contributed by atoms with Crippen molar-refractivity contribution in [2.75, 3.05) is 33.2 Å². The molecule has 1 saturated heterocycles. The number of rotatable bonds is 1. The summed E-state index contributed by atoms with van der Waals surface area (Å²) in [5, 5.41) is 0. The van der Waals surface area contributed by atoms with Crippen molar-refractivity contribution in [1.82, 2.24) is 14.8 Å². The summed E-state index contributed by atoms with van der Waals surface area (Å²) in [4.78, 5) is 20.1. The number of piperazine rings is 1. The normalized spacial score (nSPS) is 17.1. The van der Waals surface area contributed by atoms with E-state index in [2.05, 4.69) is 9.88 Å². The van der Waals surface area contributed by atoms with Gasteiger partial charge < -0.3 is 14.2 Å². The Balaban J connectivity index is 1.85. The smallest absolute Gasteiger partial charge is 0.309 e. The average molecular weight is 263 g/mol. The molecular weight excluding hydrogens is 249 g/mol. The van der Waals surface area contributed by atoms with E-state index in [1.807, 2.05) is 7.05 Å². The maximum Gasteiger partial charge on any atom is 0.309 e. The van der Waals surface area contributed by atoms with Crippen LogP contribution in [0.3, 0.4) is 0 Å². The van der Waals surface area contributed by atoms with E-state index < -0.39 is 0 Å². The van der Waals surface area contributed by atoms with Crippen LogP contribution in [0, 0.1) is 5.82 Å². The largest absolute Gasteiger partial charge is 0.432 e. The second kappa shape index (κ2) is 4.62. The van der Waals surface area contributed by atoms with Gasteiger partial charge in [-0.1, -0.05) is 0 Å². The molecule has 1 fully saturated rings. The first-order chi connectivity index (χ1) is 9.13. The van der Waals surface area contributed by atoms with Gasteiger partial charge in [-0.2, -0.15) is 0 Å². The van der Waals surface area contributed by atoms with E-state index in [1.165, 1.54) is 18.2 Å². The van der Waals surface area contributed by atoms with Crippen molar-refractivity contribution in [3.05, 3.63) is 29.9 Å². The van der Waals surface area contributed by atoms with Gasteiger partial charge in [-0.3, -0.25) is 4.79 Å². The molecule has 0 bridgehead atoms. The first-order valence-corrected chi connectivity index (χ1v) is 6.17. The number of carbonyl (C=O) groups is 1. The molecule has 0 N–H and O–H groups in total. The van der Waals surface area contributed by atoms with Crippen LogP contribution in [0.4, 0.5) is 4.39 Å². The predicted octanol–water partition coefficient (Wildman–Crippen LogP) is 1.35. The summed E-state index contributed by atoms with van der Waals surface area (Å²) in [6.07, 6.45) is 0. The maximum absolute atomic E-state index is 13.1. The van der Waals surface area contributed by atoms with Crippen molar-refractivity contribution in [1.29, 1.82) is 0 Å². The number of hydrogen-bond acceptors (Lipinski definition) is 4. The van der Waals surface area contributed by atoms with E-state index >= 15 is 0 Å². The third-order valence-electron chi connectivity index (χ3n) is 3.32. The molecule has 1 aromatic carbocycles. The van der Waals surface area contributed by atoms with Gasteiger partial charge in [0.05, 0.1) is 0 Å². The van der Waals surface area contributed by atoms with Crippen LogP contribution in [0.2, 0.25) is 0 Å². The first-order valence-electron chi connectivity index (χ1n) is 6.17. The van der Waals surface area contributed by atoms with Gasteiger partial charge in [0.1, 0.15) is 11.3 Å². The molecular formula is C13H14FN3O2. The molecule has 100 valence electrons. The molecule has 1 aliphatic rings. The van der Waals surface area contributed by atoms with Crippen molar-refractivity contribution in [2.24, 2.45) is 0 Å². The van der Waals surface area contributed by atoms with E-state index in [0.29, 0.717) is 24.2 Å². The van der Waals surface area contributed by atoms with Gasteiger partial charge >= 0.3 is 5.91 Å². The minimum absolute atomic E-state index is 0.0325. The quantitative estimate of drug-likeness (QED) is 0.779. The lowest BCUT2D eigenvalue weighted by Crippen LogP contribution is -2.47. The summed E-state index contributed by atoms with van der Waals surface area (Å²) < 4.78 is 18.4. The number of aromatic nitrogens is 1. The fourth-order valence-electron chi connectivity index (χ4n) is 2.14. The SMILES string of the molecule is CN1CCN(C(=O)c2nc3cc(F)ccc3o2)CC1. The average Bonchev–Trinajstić information content (AvgIpc) is 2.81. The zero-order valence-electron chi connectivity index (χ0n) is 10.6. The van der Waals surface area contributed by atoms with E-state index in [1.54, 1.807) is 4.90 Å². The van der Waals surface area contributed by atoms with Gasteiger partial charge in [-0.15, -0.1) is 0 Å². The molecule has 6 heteroatoms. The number of halogens is 1. The van der Waals surface area contributed by atoms with Gasteiger partial charge in [0.15, 0.2) is 5.58 Å². The molecule has 0 unspecified atom stereocenters. The van der Waals surface area contributed by atoms with Crippen molar-refractivity contribution in [3.63, 3.8) is 0 Å². The Bertz CT molecular complexity index is 617. The highest BCUT2D eigenvalue weighted by atomic mass is 19.1. The number of amides is 1. The van der Waals surface area contributed by atoms with Crippen molar-refractivity contribution < 1.29 is 13.6 Å². The first kappa shape index (κ1) is 12.1. The number of fused-ring (bicyclic) bond motifs is 1. The molecule has 2 heterocycles. The fraction of sp³-hybridized carbons (Fsp3) is 0.385. The van der Waals surface area contributed by atoms with Crippen LogP contribution in [0.1, 0.15) is 10.7 Å². The number of oxazole rings is 1. The number of benzene rings is 1. The molecule has 1 aromatic heterocycles. The van der Waals surface area contributed by atoms with Crippen LogP contribution in [-0.4, -0.2) is 53.9 Å². The standard InChI is InChI=1S/C13H14FN3O2/c1-16-4-6-17(7-5-16)13(18)12-15-10-8-9(14)2-3-11(10)19-12/h2-3,8H,4-7H2,1H3. The Hall–Kier alpha value is -1.95. The fourth-order valence-corrected chi connectivity index (χ4v) is 2.14. The minimum atomic E-state index is -0.389. The van der Waals surface area contributed by atoms with Crippen LogP contribution < -0.4 is 0 Å². The molecule has 19 heavy (non-hydrogen) atoms. The molecule has 1 aliphatic heterocycles. The van der Waals surface area contributed by atoms with Crippen molar-refractivity contribution in [2.45, 2.75) is 0 Å². The maximum atomic E-state index is 13.1. The summed E-state index contributed by atoms with van der Waals surface area (Å²) in [6, 6.07) is 4.04. The topological polar surface area (TPSA) is 49.6 Å². The zero-order chi connectivity index (χ0) is 13.4. The van der Waals surface area contributed by atoms with E-state index in [9.17, 15) is 9.18 Å². The monoisotopic (exact) mass is 263 g/mol. The lowest BCUT2D eigenvalue weighted by atomic mass is 10.3. The van der Waals surface area contributed by atoms with E-state index in [0.717, 1.165) is 13.1 Å². The van der Waals surface area contributed by atoms with Gasteiger partial charge in [0, 0.05) is 32.2 Å². The lowest BCUT2D eigenvalue weighted by molar-refractivity contribution is 0.0627. The predicted molar refractivity (Wildman–Crippen MR) is 67.4 cm³/mol. The van der Waals surface area contributed by atoms with Gasteiger partial charge in [0.25, 0.3) is 5.89 Å². The lowest BCUT2D eigenvalue weighted by Gasteiger charge is -2.31. The Morgan fingerprint density at radius 3 is 2.79 bits per heavy atom. The Labute approximate surface area is 109 Å². The molecule has 0 aliphatic carbocycles. The summed E-state index contributed by atoms with van der Waals surface area (Å²) in [7, 11) is 2.02. The number of carbonyl (C=O) groups excluding carboxylic acids is 1. The second-order valence-corrected chi connectivity index (χ2v) is 4.73. The van der Waals surface area contributed by atoms with Crippen molar-refractivity contribution >= 4 is 17.0 Å². The number of hydrogen-bond donors (Lipinski definition) is 0. The third kappa shape index (κ3) is 2.31. The molecule has 0 atom stereocenters. The van der Waals surface area contributed by atoms with Crippen LogP contribution in [0.5, 0.6) is 0 Å². The molecule has 2 aromatic rings. The second-order valence-electron chi connectivity index (χ2n) is 4.73. The van der Waals surface area contributed by atoms with Crippen LogP contribution >= 0.6 is 0 Å². The van der Waals surface area contributed by atoms with Gasteiger partial charge in [-0.05, 0) is 19.2 Å². The molecule has 3 rings (SSSR count). The molecule has 1 amide bonds. The third-order valence-corrected chi connectivity index (χ3v) is 3.32. The van der Waals surface area contributed by atoms with Crippen LogP contribution in [-0.2, 0) is 0 Å². The van der Waals surface area contributed by atoms with Crippen molar-refractivity contribution in [3.8, 4) is 0 Å². The molecule has 0 saturated carbocycles. The molecule has 0 radical (unpaired) electrons. The van der Waals surface area contributed by atoms with Gasteiger partial charge in [0.2, 0.25) is 0 Å². The zero-order valence-corrected chi connectivity index (χ0v) is 10.6. The van der Waals surface area contributed by atoms with Crippen LogP contribution in [0.15, 0.2) is 22.6 Å². The highest BCUT2D eigenvalue weighted by molar-refractivity contribution is 5.92.